The highest BCUT2D eigenvalue weighted by atomic mass is 79.9. The third-order valence-electron chi connectivity index (χ3n) is 3.21. The SMILES string of the molecule is CC(C)(CCNC(=O)CCc1ccc(Br)cc1)C(=O)O. The molecule has 0 saturated heterocycles. The molecule has 1 aromatic rings. The van der Waals surface area contributed by atoms with Gasteiger partial charge in [-0.2, -0.15) is 0 Å². The Balaban J connectivity index is 2.27. The molecule has 0 fully saturated rings. The van der Waals surface area contributed by atoms with Crippen molar-refractivity contribution in [2.75, 3.05) is 6.54 Å². The largest absolute Gasteiger partial charge is 0.481 e. The molecule has 0 aliphatic carbocycles. The average molecular weight is 342 g/mol. The lowest BCUT2D eigenvalue weighted by atomic mass is 9.90. The van der Waals surface area contributed by atoms with E-state index in [0.717, 1.165) is 10.0 Å². The van der Waals surface area contributed by atoms with Crippen molar-refractivity contribution in [3.05, 3.63) is 34.3 Å². The first-order valence-electron chi connectivity index (χ1n) is 6.56. The second-order valence-electron chi connectivity index (χ2n) is 5.42. The van der Waals surface area contributed by atoms with Crippen molar-refractivity contribution in [2.45, 2.75) is 33.1 Å². The van der Waals surface area contributed by atoms with Crippen molar-refractivity contribution < 1.29 is 14.7 Å². The standard InChI is InChI=1S/C15H20BrNO3/c1-15(2,14(19)20)9-10-17-13(18)8-5-11-3-6-12(16)7-4-11/h3-4,6-7H,5,8-10H2,1-2H3,(H,17,18)(H,19,20). The molecule has 0 atom stereocenters. The van der Waals surface area contributed by atoms with Gasteiger partial charge < -0.3 is 10.4 Å². The molecule has 110 valence electrons. The van der Waals surface area contributed by atoms with Crippen molar-refractivity contribution in [2.24, 2.45) is 5.41 Å². The van der Waals surface area contributed by atoms with Gasteiger partial charge >= 0.3 is 5.97 Å². The van der Waals surface area contributed by atoms with E-state index in [2.05, 4.69) is 21.2 Å². The monoisotopic (exact) mass is 341 g/mol. The van der Waals surface area contributed by atoms with Crippen LogP contribution in [0.5, 0.6) is 0 Å². The number of nitrogens with one attached hydrogen (secondary N) is 1. The lowest BCUT2D eigenvalue weighted by molar-refractivity contribution is -0.147. The van der Waals surface area contributed by atoms with Gasteiger partial charge in [0.2, 0.25) is 5.91 Å². The lowest BCUT2D eigenvalue weighted by Crippen LogP contribution is -2.32. The molecule has 0 aliphatic heterocycles. The van der Waals surface area contributed by atoms with Crippen LogP contribution in [0, 0.1) is 5.41 Å². The fourth-order valence-electron chi connectivity index (χ4n) is 1.62. The Morgan fingerprint density at radius 1 is 1.25 bits per heavy atom. The summed E-state index contributed by atoms with van der Waals surface area (Å²) >= 11 is 3.36. The number of hydrogen-bond donors (Lipinski definition) is 2. The predicted molar refractivity (Wildman–Crippen MR) is 81.5 cm³/mol. The van der Waals surface area contributed by atoms with Crippen LogP contribution in [-0.4, -0.2) is 23.5 Å². The first-order chi connectivity index (χ1) is 9.31. The van der Waals surface area contributed by atoms with Crippen LogP contribution in [0.25, 0.3) is 0 Å². The minimum absolute atomic E-state index is 0.0471. The molecule has 5 heteroatoms. The Morgan fingerprint density at radius 2 is 1.85 bits per heavy atom. The Kier molecular flexibility index (Phi) is 6.20. The van der Waals surface area contributed by atoms with Gasteiger partial charge in [0, 0.05) is 17.4 Å². The summed E-state index contributed by atoms with van der Waals surface area (Å²) in [5.74, 6) is -0.893. The molecule has 0 aromatic heterocycles. The maximum absolute atomic E-state index is 11.7. The molecule has 1 aromatic carbocycles. The third-order valence-corrected chi connectivity index (χ3v) is 3.73. The molecule has 0 spiro atoms. The number of benzene rings is 1. The van der Waals surface area contributed by atoms with E-state index in [9.17, 15) is 9.59 Å². The third kappa shape index (κ3) is 5.74. The predicted octanol–water partition coefficient (Wildman–Crippen LogP) is 3.00. The van der Waals surface area contributed by atoms with Crippen LogP contribution in [0.4, 0.5) is 0 Å². The van der Waals surface area contributed by atoms with E-state index < -0.39 is 11.4 Å². The van der Waals surface area contributed by atoms with E-state index in [1.165, 1.54) is 0 Å². The number of amides is 1. The minimum atomic E-state index is -0.846. The second kappa shape index (κ2) is 7.43. The van der Waals surface area contributed by atoms with Crippen LogP contribution >= 0.6 is 15.9 Å². The molecular weight excluding hydrogens is 322 g/mol. The van der Waals surface area contributed by atoms with Crippen LogP contribution in [0.2, 0.25) is 0 Å². The highest BCUT2D eigenvalue weighted by molar-refractivity contribution is 9.10. The van der Waals surface area contributed by atoms with Gasteiger partial charge in [-0.25, -0.2) is 0 Å². The summed E-state index contributed by atoms with van der Waals surface area (Å²) in [6.07, 6.45) is 1.52. The Hall–Kier alpha value is -1.36. The first kappa shape index (κ1) is 16.7. The molecule has 0 aliphatic rings. The summed E-state index contributed by atoms with van der Waals surface area (Å²) in [5, 5.41) is 11.7. The van der Waals surface area contributed by atoms with Gasteiger partial charge in [0.05, 0.1) is 5.41 Å². The number of aliphatic carboxylic acids is 1. The molecule has 2 N–H and O–H groups in total. The molecular formula is C15H20BrNO3. The molecule has 0 saturated carbocycles. The Bertz CT molecular complexity index is 469. The minimum Gasteiger partial charge on any atom is -0.481 e. The van der Waals surface area contributed by atoms with E-state index in [1.807, 2.05) is 24.3 Å². The van der Waals surface area contributed by atoms with Crippen molar-refractivity contribution in [1.82, 2.24) is 5.32 Å². The van der Waals surface area contributed by atoms with Crippen LogP contribution in [0.1, 0.15) is 32.3 Å². The molecule has 0 unspecified atom stereocenters. The van der Waals surface area contributed by atoms with Crippen molar-refractivity contribution in [1.29, 1.82) is 0 Å². The van der Waals surface area contributed by atoms with Crippen molar-refractivity contribution >= 4 is 27.8 Å². The number of aryl methyl sites for hydroxylation is 1. The summed E-state index contributed by atoms with van der Waals surface area (Å²) < 4.78 is 1.02. The van der Waals surface area contributed by atoms with Crippen LogP contribution in [0.15, 0.2) is 28.7 Å². The van der Waals surface area contributed by atoms with E-state index in [0.29, 0.717) is 25.8 Å². The van der Waals surface area contributed by atoms with Crippen LogP contribution in [0.3, 0.4) is 0 Å². The quantitative estimate of drug-likeness (QED) is 0.801. The summed E-state index contributed by atoms with van der Waals surface area (Å²) in [6, 6.07) is 7.85. The number of rotatable bonds is 7. The maximum atomic E-state index is 11.7. The summed E-state index contributed by atoms with van der Waals surface area (Å²) in [6.45, 7) is 3.70. The molecule has 1 amide bonds. The number of carbonyl (C=O) groups is 2. The smallest absolute Gasteiger partial charge is 0.309 e. The molecule has 1 rings (SSSR count). The van der Waals surface area contributed by atoms with Gasteiger partial charge in [-0.05, 0) is 44.4 Å². The van der Waals surface area contributed by atoms with Crippen LogP contribution < -0.4 is 5.32 Å². The topological polar surface area (TPSA) is 66.4 Å². The summed E-state index contributed by atoms with van der Waals surface area (Å²) in [4.78, 5) is 22.6. The Morgan fingerprint density at radius 3 is 2.40 bits per heavy atom. The highest BCUT2D eigenvalue weighted by Crippen LogP contribution is 2.19. The van der Waals surface area contributed by atoms with E-state index in [1.54, 1.807) is 13.8 Å². The lowest BCUT2D eigenvalue weighted by Gasteiger charge is -2.18. The average Bonchev–Trinajstić information content (AvgIpc) is 2.37. The second-order valence-corrected chi connectivity index (χ2v) is 6.33. The van der Waals surface area contributed by atoms with Gasteiger partial charge in [-0.15, -0.1) is 0 Å². The zero-order chi connectivity index (χ0) is 15.2. The number of carboxylic acids is 1. The normalized spacial score (nSPS) is 11.2. The number of hydrogen-bond acceptors (Lipinski definition) is 2. The Labute approximate surface area is 127 Å². The van der Waals surface area contributed by atoms with E-state index in [4.69, 9.17) is 5.11 Å². The number of carboxylic acid groups (broad SMARTS) is 1. The fourth-order valence-corrected chi connectivity index (χ4v) is 1.88. The summed E-state index contributed by atoms with van der Waals surface area (Å²) in [7, 11) is 0. The highest BCUT2D eigenvalue weighted by Gasteiger charge is 2.26. The summed E-state index contributed by atoms with van der Waals surface area (Å²) in [5.41, 5.74) is 0.299. The zero-order valence-corrected chi connectivity index (χ0v) is 13.4. The van der Waals surface area contributed by atoms with E-state index in [-0.39, 0.29) is 5.91 Å². The van der Waals surface area contributed by atoms with Gasteiger partial charge in [0.1, 0.15) is 0 Å². The van der Waals surface area contributed by atoms with E-state index >= 15 is 0 Å². The first-order valence-corrected chi connectivity index (χ1v) is 7.35. The molecule has 0 radical (unpaired) electrons. The number of carbonyl (C=O) groups excluding carboxylic acids is 1. The zero-order valence-electron chi connectivity index (χ0n) is 11.8. The molecule has 20 heavy (non-hydrogen) atoms. The van der Waals surface area contributed by atoms with Crippen molar-refractivity contribution in [3.8, 4) is 0 Å². The van der Waals surface area contributed by atoms with Crippen LogP contribution in [-0.2, 0) is 16.0 Å². The van der Waals surface area contributed by atoms with Gasteiger partial charge in [0.15, 0.2) is 0 Å². The molecule has 0 heterocycles. The molecule has 4 nitrogen and oxygen atoms in total. The van der Waals surface area contributed by atoms with Gasteiger partial charge in [0.25, 0.3) is 0 Å². The maximum Gasteiger partial charge on any atom is 0.309 e. The van der Waals surface area contributed by atoms with Crippen molar-refractivity contribution in [3.63, 3.8) is 0 Å². The molecule has 0 bridgehead atoms. The fraction of sp³-hybridized carbons (Fsp3) is 0.467. The van der Waals surface area contributed by atoms with Gasteiger partial charge in [-0.3, -0.25) is 9.59 Å². The number of halogens is 1. The van der Waals surface area contributed by atoms with Gasteiger partial charge in [-0.1, -0.05) is 28.1 Å².